The van der Waals surface area contributed by atoms with Crippen molar-refractivity contribution in [1.82, 2.24) is 18.8 Å². The van der Waals surface area contributed by atoms with Gasteiger partial charge in [-0.3, -0.25) is 0 Å². The fourth-order valence-corrected chi connectivity index (χ4v) is 5.68. The lowest BCUT2D eigenvalue weighted by Gasteiger charge is -2.38. The highest BCUT2D eigenvalue weighted by Gasteiger charge is 2.32. The van der Waals surface area contributed by atoms with Crippen LogP contribution >= 0.6 is 0 Å². The molecule has 0 radical (unpaired) electrons. The first-order valence-corrected chi connectivity index (χ1v) is 10.7. The van der Waals surface area contributed by atoms with Gasteiger partial charge in [-0.2, -0.15) is 17.0 Å². The van der Waals surface area contributed by atoms with Crippen LogP contribution in [0.1, 0.15) is 38.5 Å². The lowest BCUT2D eigenvalue weighted by molar-refractivity contribution is 0.148. The molecule has 3 heterocycles. The Labute approximate surface area is 141 Å². The first kappa shape index (κ1) is 17.6. The summed E-state index contributed by atoms with van der Waals surface area (Å²) in [5.41, 5.74) is 0. The van der Waals surface area contributed by atoms with Crippen LogP contribution in [0.15, 0.2) is 0 Å². The van der Waals surface area contributed by atoms with Crippen LogP contribution in [-0.4, -0.2) is 80.8 Å². The Morgan fingerprint density at radius 1 is 0.783 bits per heavy atom. The van der Waals surface area contributed by atoms with E-state index in [0.29, 0.717) is 26.2 Å². The van der Waals surface area contributed by atoms with E-state index < -0.39 is 10.2 Å². The monoisotopic (exact) mass is 344 g/mol. The predicted octanol–water partition coefficient (Wildman–Crippen LogP) is 0.724. The molecule has 3 aliphatic heterocycles. The molecule has 0 saturated carbocycles. The highest BCUT2D eigenvalue weighted by Crippen LogP contribution is 2.19. The third kappa shape index (κ3) is 4.66. The van der Waals surface area contributed by atoms with Crippen LogP contribution in [-0.2, 0) is 10.2 Å². The van der Waals surface area contributed by atoms with Gasteiger partial charge >= 0.3 is 0 Å². The average Bonchev–Trinajstić information content (AvgIpc) is 2.86. The van der Waals surface area contributed by atoms with Gasteiger partial charge in [0.25, 0.3) is 10.2 Å². The van der Waals surface area contributed by atoms with Gasteiger partial charge in [0, 0.05) is 45.8 Å². The molecule has 0 amide bonds. The predicted molar refractivity (Wildman–Crippen MR) is 92.6 cm³/mol. The second-order valence-corrected chi connectivity index (χ2v) is 9.14. The third-order valence-electron chi connectivity index (χ3n) is 5.52. The molecule has 0 unspecified atom stereocenters. The van der Waals surface area contributed by atoms with E-state index in [1.807, 2.05) is 0 Å². The molecular formula is C16H32N4O2S. The van der Waals surface area contributed by atoms with Gasteiger partial charge in [0.1, 0.15) is 0 Å². The van der Waals surface area contributed by atoms with Crippen molar-refractivity contribution in [2.75, 3.05) is 58.9 Å². The molecule has 3 fully saturated rings. The molecule has 0 atom stereocenters. The number of piperidine rings is 1. The van der Waals surface area contributed by atoms with E-state index in [0.717, 1.165) is 64.3 Å². The Hall–Kier alpha value is -0.210. The van der Waals surface area contributed by atoms with Crippen molar-refractivity contribution in [2.45, 2.75) is 38.5 Å². The standard InChI is InChI=1S/C16H32N4O2S/c21-23(22,19-9-3-1-2-4-10-19)20-13-11-18(12-14-20)15-16-5-7-17-8-6-16/h16-17H,1-15H2. The molecule has 0 bridgehead atoms. The van der Waals surface area contributed by atoms with Gasteiger partial charge < -0.3 is 10.2 Å². The molecular weight excluding hydrogens is 312 g/mol. The first-order valence-electron chi connectivity index (χ1n) is 9.34. The Morgan fingerprint density at radius 3 is 1.96 bits per heavy atom. The van der Waals surface area contributed by atoms with E-state index in [-0.39, 0.29) is 0 Å². The van der Waals surface area contributed by atoms with Crippen LogP contribution in [0, 0.1) is 5.92 Å². The SMILES string of the molecule is O=S(=O)(N1CCCCCC1)N1CCN(CC2CCNCC2)CC1. The molecule has 0 spiro atoms. The molecule has 23 heavy (non-hydrogen) atoms. The van der Waals surface area contributed by atoms with Crippen molar-refractivity contribution in [3.05, 3.63) is 0 Å². The van der Waals surface area contributed by atoms with Gasteiger partial charge in [-0.05, 0) is 44.7 Å². The number of hydrogen-bond donors (Lipinski definition) is 1. The average molecular weight is 345 g/mol. The minimum atomic E-state index is -3.23. The van der Waals surface area contributed by atoms with Crippen molar-refractivity contribution < 1.29 is 8.42 Å². The number of hydrogen-bond acceptors (Lipinski definition) is 4. The zero-order chi connectivity index (χ0) is 16.1. The second kappa shape index (κ2) is 8.25. The number of rotatable bonds is 4. The maximum absolute atomic E-state index is 12.8. The van der Waals surface area contributed by atoms with Crippen molar-refractivity contribution in [3.63, 3.8) is 0 Å². The summed E-state index contributed by atoms with van der Waals surface area (Å²) in [5.74, 6) is 0.782. The second-order valence-electron chi connectivity index (χ2n) is 7.21. The van der Waals surface area contributed by atoms with Crippen LogP contribution in [0.3, 0.4) is 0 Å². The normalized spacial score (nSPS) is 27.8. The number of nitrogens with zero attached hydrogens (tertiary/aromatic N) is 3. The van der Waals surface area contributed by atoms with Crippen LogP contribution in [0.4, 0.5) is 0 Å². The maximum Gasteiger partial charge on any atom is 0.282 e. The summed E-state index contributed by atoms with van der Waals surface area (Å²) in [6.07, 6.45) is 6.86. The minimum absolute atomic E-state index is 0.657. The van der Waals surface area contributed by atoms with Gasteiger partial charge in [0.15, 0.2) is 0 Å². The Morgan fingerprint density at radius 2 is 1.35 bits per heavy atom. The molecule has 0 aromatic carbocycles. The molecule has 6 nitrogen and oxygen atoms in total. The lowest BCUT2D eigenvalue weighted by atomic mass is 9.97. The van der Waals surface area contributed by atoms with Gasteiger partial charge in [0.05, 0.1) is 0 Å². The van der Waals surface area contributed by atoms with E-state index in [4.69, 9.17) is 0 Å². The summed E-state index contributed by atoms with van der Waals surface area (Å²) >= 11 is 0. The Bertz CT molecular complexity index is 449. The summed E-state index contributed by atoms with van der Waals surface area (Å²) in [7, 11) is -3.23. The zero-order valence-corrected chi connectivity index (χ0v) is 15.1. The molecule has 7 heteroatoms. The van der Waals surface area contributed by atoms with Gasteiger partial charge in [-0.1, -0.05) is 12.8 Å². The van der Waals surface area contributed by atoms with E-state index >= 15 is 0 Å². The van der Waals surface area contributed by atoms with E-state index in [9.17, 15) is 8.42 Å². The molecule has 0 aliphatic carbocycles. The Kier molecular flexibility index (Phi) is 6.31. The van der Waals surface area contributed by atoms with E-state index in [2.05, 4.69) is 10.2 Å². The van der Waals surface area contributed by atoms with Crippen LogP contribution in [0.5, 0.6) is 0 Å². The molecule has 0 aromatic heterocycles. The molecule has 0 aromatic rings. The first-order chi connectivity index (χ1) is 11.2. The highest BCUT2D eigenvalue weighted by atomic mass is 32.2. The number of nitrogens with one attached hydrogen (secondary N) is 1. The Balaban J connectivity index is 1.49. The van der Waals surface area contributed by atoms with Crippen LogP contribution < -0.4 is 5.32 Å². The van der Waals surface area contributed by atoms with Crippen LogP contribution in [0.2, 0.25) is 0 Å². The molecule has 134 valence electrons. The summed E-state index contributed by atoms with van der Waals surface area (Å²) in [6.45, 7) is 7.90. The topological polar surface area (TPSA) is 55.9 Å². The highest BCUT2D eigenvalue weighted by molar-refractivity contribution is 7.86. The number of piperazine rings is 1. The van der Waals surface area contributed by atoms with E-state index in [1.54, 1.807) is 8.61 Å². The molecule has 1 N–H and O–H groups in total. The largest absolute Gasteiger partial charge is 0.317 e. The van der Waals surface area contributed by atoms with E-state index in [1.165, 1.54) is 12.8 Å². The van der Waals surface area contributed by atoms with Crippen molar-refractivity contribution in [3.8, 4) is 0 Å². The summed E-state index contributed by atoms with van der Waals surface area (Å²) in [5, 5.41) is 3.41. The van der Waals surface area contributed by atoms with Crippen molar-refractivity contribution in [2.24, 2.45) is 5.92 Å². The smallest absolute Gasteiger partial charge is 0.282 e. The summed E-state index contributed by atoms with van der Waals surface area (Å²) in [6, 6.07) is 0. The summed E-state index contributed by atoms with van der Waals surface area (Å²) in [4.78, 5) is 2.46. The van der Waals surface area contributed by atoms with Gasteiger partial charge in [-0.15, -0.1) is 0 Å². The fraction of sp³-hybridized carbons (Fsp3) is 1.00. The summed E-state index contributed by atoms with van der Waals surface area (Å²) < 4.78 is 29.1. The third-order valence-corrected chi connectivity index (χ3v) is 7.56. The maximum atomic E-state index is 12.8. The molecule has 3 rings (SSSR count). The lowest BCUT2D eigenvalue weighted by Crippen LogP contribution is -2.54. The zero-order valence-electron chi connectivity index (χ0n) is 14.3. The molecule has 3 aliphatic rings. The van der Waals surface area contributed by atoms with Crippen LogP contribution in [0.25, 0.3) is 0 Å². The van der Waals surface area contributed by atoms with Crippen molar-refractivity contribution in [1.29, 1.82) is 0 Å². The quantitative estimate of drug-likeness (QED) is 0.817. The van der Waals surface area contributed by atoms with Gasteiger partial charge in [0.2, 0.25) is 0 Å². The van der Waals surface area contributed by atoms with Crippen molar-refractivity contribution >= 4 is 10.2 Å². The minimum Gasteiger partial charge on any atom is -0.317 e. The van der Waals surface area contributed by atoms with Gasteiger partial charge in [-0.25, -0.2) is 0 Å². The fourth-order valence-electron chi connectivity index (χ4n) is 4.01. The molecule has 3 saturated heterocycles.